The molecule has 0 saturated heterocycles. The summed E-state index contributed by atoms with van der Waals surface area (Å²) >= 11 is 0. The van der Waals surface area contributed by atoms with Crippen LogP contribution in [0, 0.1) is 6.92 Å². The van der Waals surface area contributed by atoms with Gasteiger partial charge in [0.15, 0.2) is 0 Å². The first-order valence-electron chi connectivity index (χ1n) is 6.55. The molecule has 0 aliphatic carbocycles. The Morgan fingerprint density at radius 2 is 1.79 bits per heavy atom. The Kier molecular flexibility index (Phi) is 4.05. The number of nitrogens with one attached hydrogen (secondary N) is 1. The van der Waals surface area contributed by atoms with E-state index in [-0.39, 0.29) is 5.75 Å². The SMILES string of the molecule is Cc1ccc(O)c(CNc2ccc(C(C)C)cc2)n1. The van der Waals surface area contributed by atoms with Crippen LogP contribution in [-0.2, 0) is 6.54 Å². The van der Waals surface area contributed by atoms with Crippen molar-refractivity contribution >= 4 is 5.69 Å². The second-order valence-corrected chi connectivity index (χ2v) is 5.05. The molecule has 100 valence electrons. The van der Waals surface area contributed by atoms with E-state index in [9.17, 15) is 5.11 Å². The highest BCUT2D eigenvalue weighted by Gasteiger charge is 2.03. The number of pyridine rings is 1. The fraction of sp³-hybridized carbons (Fsp3) is 0.312. The van der Waals surface area contributed by atoms with Gasteiger partial charge in [-0.2, -0.15) is 0 Å². The molecule has 0 amide bonds. The standard InChI is InChI=1S/C16H20N2O/c1-11(2)13-5-7-14(8-6-13)17-10-15-16(19)9-4-12(3)18-15/h4-9,11,17,19H,10H2,1-3H3. The van der Waals surface area contributed by atoms with Crippen molar-refractivity contribution in [3.63, 3.8) is 0 Å². The first kappa shape index (κ1) is 13.4. The molecule has 2 N–H and O–H groups in total. The maximum Gasteiger partial charge on any atom is 0.138 e. The van der Waals surface area contributed by atoms with Crippen LogP contribution in [0.25, 0.3) is 0 Å². The average molecular weight is 256 g/mol. The van der Waals surface area contributed by atoms with E-state index in [1.807, 2.05) is 6.92 Å². The van der Waals surface area contributed by atoms with Gasteiger partial charge in [-0.15, -0.1) is 0 Å². The molecule has 0 radical (unpaired) electrons. The van der Waals surface area contributed by atoms with Gasteiger partial charge in [0.05, 0.1) is 6.54 Å². The highest BCUT2D eigenvalue weighted by atomic mass is 16.3. The topological polar surface area (TPSA) is 45.1 Å². The zero-order chi connectivity index (χ0) is 13.8. The summed E-state index contributed by atoms with van der Waals surface area (Å²) in [5.41, 5.74) is 3.94. The predicted octanol–water partition coefficient (Wildman–Crippen LogP) is 3.83. The van der Waals surface area contributed by atoms with Crippen molar-refractivity contribution in [2.45, 2.75) is 33.2 Å². The van der Waals surface area contributed by atoms with Gasteiger partial charge >= 0.3 is 0 Å². The van der Waals surface area contributed by atoms with Gasteiger partial charge in [-0.1, -0.05) is 26.0 Å². The minimum absolute atomic E-state index is 0.233. The second kappa shape index (κ2) is 5.74. The van der Waals surface area contributed by atoms with E-state index in [1.54, 1.807) is 12.1 Å². The van der Waals surface area contributed by atoms with Crippen LogP contribution in [0.15, 0.2) is 36.4 Å². The lowest BCUT2D eigenvalue weighted by Gasteiger charge is -2.10. The quantitative estimate of drug-likeness (QED) is 0.873. The highest BCUT2D eigenvalue weighted by molar-refractivity contribution is 5.46. The molecule has 19 heavy (non-hydrogen) atoms. The van der Waals surface area contributed by atoms with Crippen molar-refractivity contribution < 1.29 is 5.11 Å². The molecule has 3 heteroatoms. The minimum atomic E-state index is 0.233. The molecular formula is C16H20N2O. The molecule has 1 aromatic carbocycles. The largest absolute Gasteiger partial charge is 0.506 e. The van der Waals surface area contributed by atoms with Gasteiger partial charge in [0.2, 0.25) is 0 Å². The summed E-state index contributed by atoms with van der Waals surface area (Å²) < 4.78 is 0. The summed E-state index contributed by atoms with van der Waals surface area (Å²) in [6.45, 7) is 6.79. The molecule has 0 saturated carbocycles. The van der Waals surface area contributed by atoms with Gasteiger partial charge in [-0.3, -0.25) is 4.98 Å². The van der Waals surface area contributed by atoms with E-state index >= 15 is 0 Å². The van der Waals surface area contributed by atoms with E-state index < -0.39 is 0 Å². The third kappa shape index (κ3) is 3.47. The molecule has 0 unspecified atom stereocenters. The lowest BCUT2D eigenvalue weighted by atomic mass is 10.0. The zero-order valence-electron chi connectivity index (χ0n) is 11.6. The van der Waals surface area contributed by atoms with Crippen LogP contribution in [0.2, 0.25) is 0 Å². The molecule has 2 rings (SSSR count). The number of aromatic hydroxyl groups is 1. The zero-order valence-corrected chi connectivity index (χ0v) is 11.6. The molecule has 0 bridgehead atoms. The fourth-order valence-corrected chi connectivity index (χ4v) is 1.90. The van der Waals surface area contributed by atoms with E-state index in [0.29, 0.717) is 18.2 Å². The number of nitrogens with zero attached hydrogens (tertiary/aromatic N) is 1. The lowest BCUT2D eigenvalue weighted by Crippen LogP contribution is -2.03. The molecule has 1 aromatic heterocycles. The number of hydrogen-bond acceptors (Lipinski definition) is 3. The van der Waals surface area contributed by atoms with Gasteiger partial charge in [-0.25, -0.2) is 0 Å². The maximum absolute atomic E-state index is 9.73. The van der Waals surface area contributed by atoms with Crippen molar-refractivity contribution in [3.05, 3.63) is 53.3 Å². The van der Waals surface area contributed by atoms with Gasteiger partial charge in [0.25, 0.3) is 0 Å². The van der Waals surface area contributed by atoms with Crippen molar-refractivity contribution in [1.29, 1.82) is 0 Å². The van der Waals surface area contributed by atoms with Crippen molar-refractivity contribution in [3.8, 4) is 5.75 Å². The third-order valence-corrected chi connectivity index (χ3v) is 3.13. The van der Waals surface area contributed by atoms with E-state index in [0.717, 1.165) is 11.4 Å². The summed E-state index contributed by atoms with van der Waals surface area (Å²) in [5, 5.41) is 13.0. The normalized spacial score (nSPS) is 10.7. The highest BCUT2D eigenvalue weighted by Crippen LogP contribution is 2.19. The van der Waals surface area contributed by atoms with E-state index in [2.05, 4.69) is 48.4 Å². The molecular weight excluding hydrogens is 236 g/mol. The van der Waals surface area contributed by atoms with Gasteiger partial charge in [0.1, 0.15) is 11.4 Å². The monoisotopic (exact) mass is 256 g/mol. The molecule has 0 aliphatic heterocycles. The Hall–Kier alpha value is -2.03. The van der Waals surface area contributed by atoms with Gasteiger partial charge < -0.3 is 10.4 Å². The van der Waals surface area contributed by atoms with Crippen molar-refractivity contribution in [1.82, 2.24) is 4.98 Å². The number of hydrogen-bond donors (Lipinski definition) is 2. The molecule has 0 aliphatic rings. The Balaban J connectivity index is 2.04. The van der Waals surface area contributed by atoms with Crippen LogP contribution in [-0.4, -0.2) is 10.1 Å². The van der Waals surface area contributed by atoms with Gasteiger partial charge in [0, 0.05) is 11.4 Å². The van der Waals surface area contributed by atoms with E-state index in [4.69, 9.17) is 0 Å². The number of aromatic nitrogens is 1. The Bertz CT molecular complexity index is 547. The van der Waals surface area contributed by atoms with Crippen LogP contribution in [0.3, 0.4) is 0 Å². The summed E-state index contributed by atoms with van der Waals surface area (Å²) in [6, 6.07) is 11.8. The van der Waals surface area contributed by atoms with Crippen LogP contribution < -0.4 is 5.32 Å². The van der Waals surface area contributed by atoms with Crippen LogP contribution >= 0.6 is 0 Å². The molecule has 0 fully saturated rings. The first-order chi connectivity index (χ1) is 9.06. The second-order valence-electron chi connectivity index (χ2n) is 5.05. The molecule has 3 nitrogen and oxygen atoms in total. The molecule has 0 spiro atoms. The summed E-state index contributed by atoms with van der Waals surface area (Å²) in [7, 11) is 0. The Morgan fingerprint density at radius 1 is 1.11 bits per heavy atom. The summed E-state index contributed by atoms with van der Waals surface area (Å²) in [5.74, 6) is 0.772. The average Bonchev–Trinajstić information content (AvgIpc) is 2.40. The predicted molar refractivity (Wildman–Crippen MR) is 78.5 cm³/mol. The number of aryl methyl sites for hydroxylation is 1. The smallest absolute Gasteiger partial charge is 0.138 e. The van der Waals surface area contributed by atoms with Crippen LogP contribution in [0.1, 0.15) is 36.7 Å². The third-order valence-electron chi connectivity index (χ3n) is 3.13. The van der Waals surface area contributed by atoms with Gasteiger partial charge in [-0.05, 0) is 42.7 Å². The molecule has 0 atom stereocenters. The molecule has 1 heterocycles. The number of benzene rings is 1. The minimum Gasteiger partial charge on any atom is -0.506 e. The number of anilines is 1. The van der Waals surface area contributed by atoms with Crippen molar-refractivity contribution in [2.24, 2.45) is 0 Å². The summed E-state index contributed by atoms with van der Waals surface area (Å²) in [4.78, 5) is 4.32. The first-order valence-corrected chi connectivity index (χ1v) is 6.55. The van der Waals surface area contributed by atoms with Crippen molar-refractivity contribution in [2.75, 3.05) is 5.32 Å². The summed E-state index contributed by atoms with van der Waals surface area (Å²) in [6.07, 6.45) is 0. The lowest BCUT2D eigenvalue weighted by molar-refractivity contribution is 0.464. The molecule has 2 aromatic rings. The van der Waals surface area contributed by atoms with E-state index in [1.165, 1.54) is 5.56 Å². The Labute approximate surface area is 114 Å². The number of rotatable bonds is 4. The maximum atomic E-state index is 9.73. The van der Waals surface area contributed by atoms with Crippen LogP contribution in [0.5, 0.6) is 5.75 Å². The van der Waals surface area contributed by atoms with Crippen LogP contribution in [0.4, 0.5) is 5.69 Å². The Morgan fingerprint density at radius 3 is 2.42 bits per heavy atom. The fourth-order valence-electron chi connectivity index (χ4n) is 1.90.